The molecule has 136 valence electrons. The van der Waals surface area contributed by atoms with Crippen LogP contribution in [0.25, 0.3) is 6.08 Å². The van der Waals surface area contributed by atoms with Crippen molar-refractivity contribution in [2.75, 3.05) is 0 Å². The summed E-state index contributed by atoms with van der Waals surface area (Å²) in [5.41, 5.74) is 2.73. The Bertz CT molecular complexity index is 410. The van der Waals surface area contributed by atoms with E-state index >= 15 is 0 Å². The third-order valence-electron chi connectivity index (χ3n) is 2.51. The molecule has 0 N–H and O–H groups in total. The molecule has 0 heterocycles. The summed E-state index contributed by atoms with van der Waals surface area (Å²) in [7, 11) is 0. The molecule has 0 aromatic heterocycles. The maximum absolute atomic E-state index is 3.26. The van der Waals surface area contributed by atoms with Gasteiger partial charge in [0.05, 0.1) is 0 Å². The molecule has 0 fully saturated rings. The Labute approximate surface area is 168 Å². The summed E-state index contributed by atoms with van der Waals surface area (Å²) in [6, 6.07) is 18.4. The van der Waals surface area contributed by atoms with Crippen LogP contribution in [0.5, 0.6) is 0 Å². The Kier molecular flexibility index (Phi) is 44.0. The minimum atomic E-state index is 0. The van der Waals surface area contributed by atoms with Crippen molar-refractivity contribution < 1.29 is 25.8 Å². The number of benzene rings is 1. The van der Waals surface area contributed by atoms with Crippen molar-refractivity contribution in [2.45, 2.75) is 12.8 Å². The molecule has 1 aliphatic carbocycles. The van der Waals surface area contributed by atoms with E-state index in [1.54, 1.807) is 0 Å². The average molecular weight is 478 g/mol. The second-order valence-electron chi connectivity index (χ2n) is 3.62. The van der Waals surface area contributed by atoms with Crippen molar-refractivity contribution in [3.63, 3.8) is 0 Å². The first-order valence-electron chi connectivity index (χ1n) is 5.23. The molecule has 0 saturated heterocycles. The summed E-state index contributed by atoms with van der Waals surface area (Å²) in [5.74, 6) is 0.496. The fourth-order valence-electron chi connectivity index (χ4n) is 1.66. The Hall–Kier alpha value is -0.820. The third-order valence-corrected chi connectivity index (χ3v) is 2.51. The van der Waals surface area contributed by atoms with Crippen LogP contribution in [0.2, 0.25) is 0 Å². The first-order valence-corrected chi connectivity index (χ1v) is 5.23. The summed E-state index contributed by atoms with van der Waals surface area (Å²) in [6.07, 6.45) is 5.33. The molecular formula is C22H35Hf-9. The van der Waals surface area contributed by atoms with Gasteiger partial charge in [0.25, 0.3) is 0 Å². The molecule has 23 heavy (non-hydrogen) atoms. The predicted molar refractivity (Wildman–Crippen MR) is 109 cm³/mol. The van der Waals surface area contributed by atoms with Crippen molar-refractivity contribution in [3.05, 3.63) is 124 Å². The summed E-state index contributed by atoms with van der Waals surface area (Å²) < 4.78 is 0. The largest absolute Gasteiger partial charge is 0.358 e. The number of fused-ring (bicyclic) bond motifs is 1. The van der Waals surface area contributed by atoms with Crippen LogP contribution >= 0.6 is 0 Å². The Morgan fingerprint density at radius 1 is 0.783 bits per heavy atom. The SMILES string of the molecule is CC1[C-]=Cc2ccccc21.[CH3-].[CH3-].[CH3-].[CH3-].[CH3-].[CH3-].[CH3-].[Hf].c1cc[cH-]c1. The molecule has 0 bridgehead atoms. The van der Waals surface area contributed by atoms with Gasteiger partial charge in [-0.1, -0.05) is 31.0 Å². The topological polar surface area (TPSA) is 0 Å². The normalized spacial score (nSPS) is 10.9. The first kappa shape index (κ1) is 43.2. The molecule has 1 heteroatoms. The number of hydrogen-bond donors (Lipinski definition) is 0. The molecule has 3 rings (SSSR count). The van der Waals surface area contributed by atoms with Crippen LogP contribution in [0.1, 0.15) is 24.0 Å². The maximum Gasteiger partial charge on any atom is 0 e. The van der Waals surface area contributed by atoms with Crippen molar-refractivity contribution in [3.8, 4) is 0 Å². The molecule has 2 aromatic carbocycles. The van der Waals surface area contributed by atoms with Gasteiger partial charge in [-0.25, -0.2) is 18.2 Å². The van der Waals surface area contributed by atoms with Gasteiger partial charge in [-0.3, -0.25) is 6.08 Å². The van der Waals surface area contributed by atoms with Crippen LogP contribution in [0.3, 0.4) is 0 Å². The molecule has 1 unspecified atom stereocenters. The molecule has 0 amide bonds. The van der Waals surface area contributed by atoms with E-state index < -0.39 is 0 Å². The van der Waals surface area contributed by atoms with E-state index in [-0.39, 0.29) is 77.8 Å². The first-order chi connectivity index (χ1) is 7.38. The minimum absolute atomic E-state index is 0. The van der Waals surface area contributed by atoms with Crippen LogP contribution < -0.4 is 0 Å². The second kappa shape index (κ2) is 23.4. The maximum atomic E-state index is 3.26. The summed E-state index contributed by atoms with van der Waals surface area (Å²) in [6.45, 7) is 2.17. The summed E-state index contributed by atoms with van der Waals surface area (Å²) in [5, 5.41) is 0. The zero-order chi connectivity index (χ0) is 10.5. The van der Waals surface area contributed by atoms with Gasteiger partial charge in [0.2, 0.25) is 0 Å². The fraction of sp³-hybridized carbons (Fsp3) is 0.0909. The molecule has 0 radical (unpaired) electrons. The van der Waals surface area contributed by atoms with E-state index in [4.69, 9.17) is 0 Å². The van der Waals surface area contributed by atoms with Gasteiger partial charge in [-0.05, 0) is 0 Å². The Morgan fingerprint density at radius 2 is 1.26 bits per heavy atom. The van der Waals surface area contributed by atoms with E-state index in [2.05, 4.69) is 43.3 Å². The van der Waals surface area contributed by atoms with Crippen LogP contribution in [-0.4, -0.2) is 0 Å². The third kappa shape index (κ3) is 13.3. The zero-order valence-electron chi connectivity index (χ0n) is 16.4. The summed E-state index contributed by atoms with van der Waals surface area (Å²) in [4.78, 5) is 0. The van der Waals surface area contributed by atoms with Gasteiger partial charge in [-0.2, -0.15) is 23.8 Å². The molecule has 0 spiro atoms. The molecule has 0 aliphatic heterocycles. The monoisotopic (exact) mass is 479 g/mol. The van der Waals surface area contributed by atoms with E-state index in [0.29, 0.717) is 5.92 Å². The standard InChI is InChI=1S/C10H9.C5H5.7CH3.Hf/c1-8-6-7-9-4-2-3-5-10(8)9;1-2-4-5-3-1;;;;;;;;/h2-5,7-8H,1H3;1-5H;7*1H3;/q9*-1;. The van der Waals surface area contributed by atoms with E-state index in [1.165, 1.54) is 11.1 Å². The molecule has 0 saturated carbocycles. The minimum Gasteiger partial charge on any atom is -0.358 e. The van der Waals surface area contributed by atoms with Crippen molar-refractivity contribution >= 4 is 6.08 Å². The number of allylic oxidation sites excluding steroid dienone is 1. The van der Waals surface area contributed by atoms with E-state index in [1.807, 2.05) is 30.3 Å². The fourth-order valence-corrected chi connectivity index (χ4v) is 1.66. The Morgan fingerprint density at radius 3 is 1.65 bits per heavy atom. The zero-order valence-corrected chi connectivity index (χ0v) is 19.9. The van der Waals surface area contributed by atoms with E-state index in [9.17, 15) is 0 Å². The molecule has 1 atom stereocenters. The molecule has 0 nitrogen and oxygen atoms in total. The van der Waals surface area contributed by atoms with E-state index in [0.717, 1.165) is 0 Å². The molecule has 1 aliphatic rings. The smallest absolute Gasteiger partial charge is 0 e. The van der Waals surface area contributed by atoms with Gasteiger partial charge in [0.15, 0.2) is 0 Å². The van der Waals surface area contributed by atoms with Crippen LogP contribution in [-0.2, 0) is 25.8 Å². The van der Waals surface area contributed by atoms with Gasteiger partial charge in [0, 0.05) is 25.8 Å². The van der Waals surface area contributed by atoms with Gasteiger partial charge in [0.1, 0.15) is 0 Å². The summed E-state index contributed by atoms with van der Waals surface area (Å²) >= 11 is 0. The predicted octanol–water partition coefficient (Wildman–Crippen LogP) is 7.18. The van der Waals surface area contributed by atoms with Crippen LogP contribution in [0.4, 0.5) is 0 Å². The average Bonchev–Trinajstić information content (AvgIpc) is 2.92. The van der Waals surface area contributed by atoms with Gasteiger partial charge < -0.3 is 52.0 Å². The Balaban J connectivity index is -0.0000000360. The number of hydrogen-bond acceptors (Lipinski definition) is 0. The molecular weight excluding hydrogens is 443 g/mol. The van der Waals surface area contributed by atoms with Gasteiger partial charge in [-0.15, -0.1) is 11.6 Å². The van der Waals surface area contributed by atoms with Crippen LogP contribution in [0, 0.1) is 58.1 Å². The quantitative estimate of drug-likeness (QED) is 0.278. The van der Waals surface area contributed by atoms with Crippen LogP contribution in [0.15, 0.2) is 54.6 Å². The van der Waals surface area contributed by atoms with Crippen molar-refractivity contribution in [1.82, 2.24) is 0 Å². The second-order valence-corrected chi connectivity index (χ2v) is 3.62. The molecule has 2 aromatic rings. The number of rotatable bonds is 0. The van der Waals surface area contributed by atoms with Crippen molar-refractivity contribution in [2.24, 2.45) is 0 Å². The van der Waals surface area contributed by atoms with Crippen molar-refractivity contribution in [1.29, 1.82) is 0 Å². The van der Waals surface area contributed by atoms with Gasteiger partial charge >= 0.3 is 0 Å².